The summed E-state index contributed by atoms with van der Waals surface area (Å²) in [7, 11) is 0. The Labute approximate surface area is 128 Å². The summed E-state index contributed by atoms with van der Waals surface area (Å²) in [6.07, 6.45) is 0.938. The summed E-state index contributed by atoms with van der Waals surface area (Å²) in [6, 6.07) is 3.34. The second kappa shape index (κ2) is 8.21. The van der Waals surface area contributed by atoms with Crippen LogP contribution in [0.4, 0.5) is 14.5 Å². The van der Waals surface area contributed by atoms with Crippen molar-refractivity contribution >= 4 is 23.0 Å². The lowest BCUT2D eigenvalue weighted by Crippen LogP contribution is -2.38. The van der Waals surface area contributed by atoms with Gasteiger partial charge in [-0.15, -0.1) is 0 Å². The van der Waals surface area contributed by atoms with E-state index in [4.69, 9.17) is 17.0 Å². The van der Waals surface area contributed by atoms with E-state index in [-0.39, 0.29) is 5.69 Å². The number of anilines is 1. The van der Waals surface area contributed by atoms with E-state index in [9.17, 15) is 8.78 Å². The second-order valence-corrected chi connectivity index (χ2v) is 5.22. The molecule has 1 aliphatic rings. The number of ether oxygens (including phenoxy) is 1. The second-order valence-electron chi connectivity index (χ2n) is 4.81. The molecule has 1 aromatic carbocycles. The number of nitrogens with one attached hydrogen (secondary N) is 2. The molecule has 1 heterocycles. The van der Waals surface area contributed by atoms with Gasteiger partial charge < -0.3 is 15.4 Å². The van der Waals surface area contributed by atoms with E-state index in [2.05, 4.69) is 15.5 Å². The monoisotopic (exact) mass is 315 g/mol. The molecule has 2 N–H and O–H groups in total. The first-order valence-electron chi connectivity index (χ1n) is 6.95. The number of morpholine rings is 1. The number of benzene rings is 1. The van der Waals surface area contributed by atoms with E-state index >= 15 is 0 Å². The van der Waals surface area contributed by atoms with Crippen molar-refractivity contribution in [2.75, 3.05) is 44.7 Å². The molecule has 7 heteroatoms. The highest BCUT2D eigenvalue weighted by molar-refractivity contribution is 7.80. The molecular formula is C14H19F2N3OS. The molecule has 0 spiro atoms. The zero-order valence-corrected chi connectivity index (χ0v) is 12.5. The fourth-order valence-electron chi connectivity index (χ4n) is 2.09. The maximum absolute atomic E-state index is 13.4. The standard InChI is InChI=1S/C14H19F2N3OS/c15-11-2-3-13(12(16)10-11)18-14(21)17-4-1-5-19-6-8-20-9-7-19/h2-3,10H,1,4-9H2,(H2,17,18,21). The molecule has 1 fully saturated rings. The van der Waals surface area contributed by atoms with Gasteiger partial charge >= 0.3 is 0 Å². The van der Waals surface area contributed by atoms with Crippen LogP contribution in [0.3, 0.4) is 0 Å². The highest BCUT2D eigenvalue weighted by atomic mass is 32.1. The minimum absolute atomic E-state index is 0.169. The topological polar surface area (TPSA) is 36.5 Å². The van der Waals surface area contributed by atoms with Gasteiger partial charge in [0.05, 0.1) is 18.9 Å². The van der Waals surface area contributed by atoms with E-state index in [1.807, 2.05) is 0 Å². The quantitative estimate of drug-likeness (QED) is 0.642. The third-order valence-corrected chi connectivity index (χ3v) is 3.47. The number of rotatable bonds is 5. The van der Waals surface area contributed by atoms with Gasteiger partial charge in [-0.1, -0.05) is 0 Å². The van der Waals surface area contributed by atoms with Crippen LogP contribution < -0.4 is 10.6 Å². The van der Waals surface area contributed by atoms with Crippen molar-refractivity contribution in [2.45, 2.75) is 6.42 Å². The molecule has 0 unspecified atom stereocenters. The van der Waals surface area contributed by atoms with E-state index < -0.39 is 11.6 Å². The Morgan fingerprint density at radius 2 is 2.05 bits per heavy atom. The van der Waals surface area contributed by atoms with E-state index in [0.29, 0.717) is 11.7 Å². The fraction of sp³-hybridized carbons (Fsp3) is 0.500. The van der Waals surface area contributed by atoms with Gasteiger partial charge in [-0.25, -0.2) is 8.78 Å². The van der Waals surface area contributed by atoms with Crippen LogP contribution in [0.25, 0.3) is 0 Å². The fourth-order valence-corrected chi connectivity index (χ4v) is 2.30. The molecule has 2 rings (SSSR count). The first-order chi connectivity index (χ1) is 10.1. The van der Waals surface area contributed by atoms with Crippen molar-refractivity contribution in [3.05, 3.63) is 29.8 Å². The van der Waals surface area contributed by atoms with Crippen LogP contribution in [0.15, 0.2) is 18.2 Å². The summed E-state index contributed by atoms with van der Waals surface area (Å²) in [5.74, 6) is -1.27. The van der Waals surface area contributed by atoms with Crippen molar-refractivity contribution in [3.63, 3.8) is 0 Å². The lowest BCUT2D eigenvalue weighted by atomic mass is 10.3. The van der Waals surface area contributed by atoms with Crippen LogP contribution in [0.2, 0.25) is 0 Å². The molecule has 0 saturated carbocycles. The molecule has 1 saturated heterocycles. The SMILES string of the molecule is Fc1ccc(NC(=S)NCCCN2CCOCC2)c(F)c1. The number of thiocarbonyl (C=S) groups is 1. The Balaban J connectivity index is 1.65. The van der Waals surface area contributed by atoms with Gasteiger partial charge in [-0.3, -0.25) is 4.90 Å². The zero-order chi connectivity index (χ0) is 15.1. The minimum Gasteiger partial charge on any atom is -0.379 e. The van der Waals surface area contributed by atoms with E-state index in [0.717, 1.165) is 45.3 Å². The Hall–Kier alpha value is -1.31. The first-order valence-corrected chi connectivity index (χ1v) is 7.36. The summed E-state index contributed by atoms with van der Waals surface area (Å²) >= 11 is 5.08. The molecule has 116 valence electrons. The van der Waals surface area contributed by atoms with Gasteiger partial charge in [0.15, 0.2) is 5.11 Å². The number of nitrogens with zero attached hydrogens (tertiary/aromatic N) is 1. The molecule has 0 amide bonds. The molecule has 1 aliphatic heterocycles. The maximum Gasteiger partial charge on any atom is 0.170 e. The molecule has 0 radical (unpaired) electrons. The lowest BCUT2D eigenvalue weighted by molar-refractivity contribution is 0.0376. The maximum atomic E-state index is 13.4. The van der Waals surface area contributed by atoms with Crippen LogP contribution in [0, 0.1) is 11.6 Å². The third-order valence-electron chi connectivity index (χ3n) is 3.22. The Kier molecular flexibility index (Phi) is 6.28. The highest BCUT2D eigenvalue weighted by Crippen LogP contribution is 2.14. The van der Waals surface area contributed by atoms with Gasteiger partial charge in [0.2, 0.25) is 0 Å². The van der Waals surface area contributed by atoms with Crippen LogP contribution >= 0.6 is 12.2 Å². The average Bonchev–Trinajstić information content (AvgIpc) is 2.48. The van der Waals surface area contributed by atoms with Gasteiger partial charge in [0.1, 0.15) is 11.6 Å². The summed E-state index contributed by atoms with van der Waals surface area (Å²) in [4.78, 5) is 2.33. The minimum atomic E-state index is -0.660. The van der Waals surface area contributed by atoms with Crippen molar-refractivity contribution in [1.29, 1.82) is 0 Å². The molecule has 4 nitrogen and oxygen atoms in total. The summed E-state index contributed by atoms with van der Waals surface area (Å²) in [5.41, 5.74) is 0.169. The lowest BCUT2D eigenvalue weighted by Gasteiger charge is -2.26. The summed E-state index contributed by atoms with van der Waals surface area (Å²) < 4.78 is 31.5. The van der Waals surface area contributed by atoms with Crippen LogP contribution in [0.5, 0.6) is 0 Å². The van der Waals surface area contributed by atoms with E-state index in [1.165, 1.54) is 12.1 Å². The summed E-state index contributed by atoms with van der Waals surface area (Å²) in [5, 5.41) is 6.07. The van der Waals surface area contributed by atoms with Gasteiger partial charge in [-0.05, 0) is 37.3 Å². The van der Waals surface area contributed by atoms with Crippen molar-refractivity contribution < 1.29 is 13.5 Å². The molecular weight excluding hydrogens is 296 g/mol. The first kappa shape index (κ1) is 16.1. The third kappa shape index (κ3) is 5.53. The van der Waals surface area contributed by atoms with Crippen molar-refractivity contribution in [3.8, 4) is 0 Å². The Bertz CT molecular complexity index is 481. The smallest absolute Gasteiger partial charge is 0.170 e. The van der Waals surface area contributed by atoms with Crippen molar-refractivity contribution in [2.24, 2.45) is 0 Å². The number of hydrogen-bond acceptors (Lipinski definition) is 3. The van der Waals surface area contributed by atoms with Gasteiger partial charge in [-0.2, -0.15) is 0 Å². The van der Waals surface area contributed by atoms with Crippen LogP contribution in [-0.4, -0.2) is 49.4 Å². The average molecular weight is 315 g/mol. The predicted octanol–water partition coefficient (Wildman–Crippen LogP) is 1.97. The molecule has 21 heavy (non-hydrogen) atoms. The van der Waals surface area contributed by atoms with Gasteiger partial charge in [0, 0.05) is 25.7 Å². The largest absolute Gasteiger partial charge is 0.379 e. The molecule has 0 atom stereocenters. The van der Waals surface area contributed by atoms with Crippen LogP contribution in [-0.2, 0) is 4.74 Å². The Morgan fingerprint density at radius 3 is 2.76 bits per heavy atom. The highest BCUT2D eigenvalue weighted by Gasteiger charge is 2.09. The van der Waals surface area contributed by atoms with E-state index in [1.54, 1.807) is 0 Å². The van der Waals surface area contributed by atoms with Gasteiger partial charge in [0.25, 0.3) is 0 Å². The predicted molar refractivity (Wildman–Crippen MR) is 82.5 cm³/mol. The van der Waals surface area contributed by atoms with Crippen molar-refractivity contribution in [1.82, 2.24) is 10.2 Å². The molecule has 1 aromatic rings. The number of halogens is 2. The molecule has 0 aliphatic carbocycles. The van der Waals surface area contributed by atoms with Crippen LogP contribution in [0.1, 0.15) is 6.42 Å². The molecule has 0 aromatic heterocycles. The zero-order valence-electron chi connectivity index (χ0n) is 11.7. The normalized spacial score (nSPS) is 15.7. The molecule has 0 bridgehead atoms. The Morgan fingerprint density at radius 1 is 1.29 bits per heavy atom. The number of hydrogen-bond donors (Lipinski definition) is 2. The summed E-state index contributed by atoms with van der Waals surface area (Å²) in [6.45, 7) is 5.18.